The monoisotopic (exact) mass is 233 g/mol. The van der Waals surface area contributed by atoms with Gasteiger partial charge in [0.05, 0.1) is 0 Å². The van der Waals surface area contributed by atoms with Crippen LogP contribution in [0.1, 0.15) is 17.6 Å². The van der Waals surface area contributed by atoms with Gasteiger partial charge in [0.1, 0.15) is 5.82 Å². The Hall–Kier alpha value is -1.72. The maximum atomic E-state index is 12.9. The first-order valence-corrected chi connectivity index (χ1v) is 4.41. The van der Waals surface area contributed by atoms with Gasteiger partial charge in [-0.3, -0.25) is 0 Å². The highest BCUT2D eigenvalue weighted by atomic mass is 19.3. The molecule has 0 spiro atoms. The first kappa shape index (κ1) is 12.4. The maximum Gasteiger partial charge on any atom is 0.407 e. The van der Waals surface area contributed by atoms with E-state index in [2.05, 4.69) is 0 Å². The standard InChI is InChI=1S/C10H10F3NO2/c1-14(10(15)16)5-6-2-7(9(12)13)4-8(11)3-6/h2-4,9H,5H2,1H3,(H,15,16). The van der Waals surface area contributed by atoms with Crippen molar-refractivity contribution in [2.45, 2.75) is 13.0 Å². The van der Waals surface area contributed by atoms with Gasteiger partial charge in [-0.2, -0.15) is 0 Å². The smallest absolute Gasteiger partial charge is 0.407 e. The summed E-state index contributed by atoms with van der Waals surface area (Å²) in [6.45, 7) is -0.132. The lowest BCUT2D eigenvalue weighted by molar-refractivity contribution is 0.150. The third kappa shape index (κ3) is 3.15. The van der Waals surface area contributed by atoms with Gasteiger partial charge in [0, 0.05) is 19.2 Å². The Bertz CT molecular complexity index is 396. The van der Waals surface area contributed by atoms with Crippen molar-refractivity contribution in [3.05, 3.63) is 35.1 Å². The highest BCUT2D eigenvalue weighted by Gasteiger charge is 2.12. The Kier molecular flexibility index (Phi) is 3.76. The average Bonchev–Trinajstić information content (AvgIpc) is 2.16. The normalized spacial score (nSPS) is 10.6. The molecule has 0 heterocycles. The van der Waals surface area contributed by atoms with Crippen molar-refractivity contribution in [1.82, 2.24) is 4.90 Å². The highest BCUT2D eigenvalue weighted by Crippen LogP contribution is 2.21. The lowest BCUT2D eigenvalue weighted by atomic mass is 10.1. The molecule has 1 amide bonds. The molecule has 0 saturated heterocycles. The van der Waals surface area contributed by atoms with Gasteiger partial charge in [-0.1, -0.05) is 0 Å². The third-order valence-electron chi connectivity index (χ3n) is 1.98. The van der Waals surface area contributed by atoms with Crippen LogP contribution in [0.4, 0.5) is 18.0 Å². The van der Waals surface area contributed by atoms with E-state index < -0.39 is 23.9 Å². The summed E-state index contributed by atoms with van der Waals surface area (Å²) in [5.74, 6) is -0.799. The van der Waals surface area contributed by atoms with Gasteiger partial charge in [0.25, 0.3) is 6.43 Å². The van der Waals surface area contributed by atoms with Crippen LogP contribution < -0.4 is 0 Å². The van der Waals surface area contributed by atoms with Crippen LogP contribution in [0.25, 0.3) is 0 Å². The Balaban J connectivity index is 2.92. The number of carboxylic acid groups (broad SMARTS) is 1. The second-order valence-corrected chi connectivity index (χ2v) is 3.33. The molecule has 1 aromatic carbocycles. The summed E-state index contributed by atoms with van der Waals surface area (Å²) < 4.78 is 37.6. The molecule has 1 aromatic rings. The number of amides is 1. The van der Waals surface area contributed by atoms with E-state index in [1.807, 2.05) is 0 Å². The van der Waals surface area contributed by atoms with Crippen LogP contribution in [0, 0.1) is 5.82 Å². The number of hydrogen-bond acceptors (Lipinski definition) is 1. The van der Waals surface area contributed by atoms with E-state index >= 15 is 0 Å². The van der Waals surface area contributed by atoms with Crippen molar-refractivity contribution >= 4 is 6.09 Å². The Morgan fingerprint density at radius 3 is 2.56 bits per heavy atom. The van der Waals surface area contributed by atoms with Gasteiger partial charge in [-0.15, -0.1) is 0 Å². The molecule has 0 fully saturated rings. The number of hydrogen-bond donors (Lipinski definition) is 1. The molecule has 0 saturated carbocycles. The van der Waals surface area contributed by atoms with Crippen LogP contribution in [0.2, 0.25) is 0 Å². The molecule has 0 atom stereocenters. The zero-order valence-corrected chi connectivity index (χ0v) is 8.45. The van der Waals surface area contributed by atoms with Crippen molar-refractivity contribution in [2.24, 2.45) is 0 Å². The largest absolute Gasteiger partial charge is 0.465 e. The molecule has 0 unspecified atom stereocenters. The average molecular weight is 233 g/mol. The fourth-order valence-electron chi connectivity index (χ4n) is 1.23. The highest BCUT2D eigenvalue weighted by molar-refractivity contribution is 5.64. The zero-order chi connectivity index (χ0) is 12.3. The van der Waals surface area contributed by atoms with Crippen molar-refractivity contribution in [1.29, 1.82) is 0 Å². The number of carbonyl (C=O) groups is 1. The van der Waals surface area contributed by atoms with Crippen LogP contribution in [-0.4, -0.2) is 23.1 Å². The molecule has 0 bridgehead atoms. The minimum Gasteiger partial charge on any atom is -0.465 e. The SMILES string of the molecule is CN(Cc1cc(F)cc(C(F)F)c1)C(=O)O. The van der Waals surface area contributed by atoms with Gasteiger partial charge in [0.2, 0.25) is 0 Å². The van der Waals surface area contributed by atoms with Gasteiger partial charge in [-0.25, -0.2) is 18.0 Å². The van der Waals surface area contributed by atoms with Crippen LogP contribution >= 0.6 is 0 Å². The van der Waals surface area contributed by atoms with Crippen molar-refractivity contribution in [3.8, 4) is 0 Å². The fraction of sp³-hybridized carbons (Fsp3) is 0.300. The van der Waals surface area contributed by atoms with Crippen molar-refractivity contribution in [3.63, 3.8) is 0 Å². The molecule has 0 aliphatic rings. The molecular weight excluding hydrogens is 223 g/mol. The van der Waals surface area contributed by atoms with Crippen LogP contribution in [0.15, 0.2) is 18.2 Å². The van der Waals surface area contributed by atoms with Crippen LogP contribution in [-0.2, 0) is 6.54 Å². The minimum atomic E-state index is -2.77. The number of benzene rings is 1. The second-order valence-electron chi connectivity index (χ2n) is 3.33. The summed E-state index contributed by atoms with van der Waals surface area (Å²) >= 11 is 0. The van der Waals surface area contributed by atoms with Crippen molar-refractivity contribution in [2.75, 3.05) is 7.05 Å². The van der Waals surface area contributed by atoms with E-state index in [1.165, 1.54) is 7.05 Å². The van der Waals surface area contributed by atoms with E-state index in [0.29, 0.717) is 0 Å². The first-order valence-electron chi connectivity index (χ1n) is 4.41. The summed E-state index contributed by atoms with van der Waals surface area (Å²) in [7, 11) is 1.27. The first-order chi connectivity index (χ1) is 7.40. The quantitative estimate of drug-likeness (QED) is 0.871. The van der Waals surface area contributed by atoms with E-state index in [4.69, 9.17) is 5.11 Å². The van der Waals surface area contributed by atoms with Gasteiger partial charge in [-0.05, 0) is 23.8 Å². The zero-order valence-electron chi connectivity index (χ0n) is 8.45. The molecule has 0 radical (unpaired) electrons. The lowest BCUT2D eigenvalue weighted by Gasteiger charge is -2.13. The van der Waals surface area contributed by atoms with Crippen molar-refractivity contribution < 1.29 is 23.1 Å². The molecule has 16 heavy (non-hydrogen) atoms. The molecule has 0 aromatic heterocycles. The van der Waals surface area contributed by atoms with E-state index in [0.717, 1.165) is 23.1 Å². The Morgan fingerprint density at radius 2 is 2.06 bits per heavy atom. The third-order valence-corrected chi connectivity index (χ3v) is 1.98. The molecule has 1 rings (SSSR count). The number of rotatable bonds is 3. The maximum absolute atomic E-state index is 12.9. The van der Waals surface area contributed by atoms with Crippen LogP contribution in [0.5, 0.6) is 0 Å². The van der Waals surface area contributed by atoms with Gasteiger partial charge < -0.3 is 10.0 Å². The van der Waals surface area contributed by atoms with Gasteiger partial charge in [0.15, 0.2) is 0 Å². The minimum absolute atomic E-state index is 0.132. The van der Waals surface area contributed by atoms with E-state index in [9.17, 15) is 18.0 Å². The van der Waals surface area contributed by atoms with Gasteiger partial charge >= 0.3 is 6.09 Å². The van der Waals surface area contributed by atoms with Crippen LogP contribution in [0.3, 0.4) is 0 Å². The lowest BCUT2D eigenvalue weighted by Crippen LogP contribution is -2.24. The molecule has 88 valence electrons. The molecule has 3 nitrogen and oxygen atoms in total. The predicted octanol–water partition coefficient (Wildman–Crippen LogP) is 2.87. The second kappa shape index (κ2) is 4.87. The summed E-state index contributed by atoms with van der Waals surface area (Å²) in [5.41, 5.74) is -0.256. The fourth-order valence-corrected chi connectivity index (χ4v) is 1.23. The molecule has 1 N–H and O–H groups in total. The molecule has 6 heteroatoms. The number of halogens is 3. The topological polar surface area (TPSA) is 40.5 Å². The Morgan fingerprint density at radius 1 is 1.44 bits per heavy atom. The molecule has 0 aliphatic heterocycles. The summed E-state index contributed by atoms with van der Waals surface area (Å²) in [4.78, 5) is 11.4. The summed E-state index contributed by atoms with van der Waals surface area (Å²) in [6, 6.07) is 2.85. The number of nitrogens with zero attached hydrogens (tertiary/aromatic N) is 1. The number of alkyl halides is 2. The molecule has 0 aliphatic carbocycles. The predicted molar refractivity (Wildman–Crippen MR) is 50.8 cm³/mol. The Labute approximate surface area is 90.1 Å². The summed E-state index contributed by atoms with van der Waals surface area (Å²) in [6.07, 6.45) is -3.98. The van der Waals surface area contributed by atoms with E-state index in [1.54, 1.807) is 0 Å². The summed E-state index contributed by atoms with van der Waals surface area (Å²) in [5, 5.41) is 8.58. The molecular formula is C10H10F3NO2. The van der Waals surface area contributed by atoms with E-state index in [-0.39, 0.29) is 12.1 Å².